The first-order chi connectivity index (χ1) is 9.17. The van der Waals surface area contributed by atoms with E-state index >= 15 is 0 Å². The van der Waals surface area contributed by atoms with Crippen LogP contribution in [0.1, 0.15) is 23.4 Å². The molecule has 102 valence electrons. The number of nitrogens with zero attached hydrogens (tertiary/aromatic N) is 3. The Morgan fingerprint density at radius 2 is 2.11 bits per heavy atom. The lowest BCUT2D eigenvalue weighted by Gasteiger charge is -2.08. The van der Waals surface area contributed by atoms with Crippen LogP contribution in [0.5, 0.6) is 5.88 Å². The van der Waals surface area contributed by atoms with E-state index in [9.17, 15) is 0 Å². The zero-order valence-corrected chi connectivity index (χ0v) is 12.3. The predicted octanol–water partition coefficient (Wildman–Crippen LogP) is 2.60. The van der Waals surface area contributed by atoms with Gasteiger partial charge in [0.05, 0.1) is 17.3 Å². The third-order valence-electron chi connectivity index (χ3n) is 2.46. The molecule has 2 rings (SSSR count). The molecule has 0 fully saturated rings. The van der Waals surface area contributed by atoms with Crippen LogP contribution in [0.15, 0.2) is 11.4 Å². The Labute approximate surface area is 117 Å². The summed E-state index contributed by atoms with van der Waals surface area (Å²) >= 11 is 1.68. The molecule has 0 saturated heterocycles. The lowest BCUT2D eigenvalue weighted by molar-refractivity contribution is 0.325. The maximum absolute atomic E-state index is 5.39. The highest BCUT2D eigenvalue weighted by Gasteiger charge is 2.03. The Bertz CT molecular complexity index is 541. The summed E-state index contributed by atoms with van der Waals surface area (Å²) in [5.74, 6) is 2.11. The van der Waals surface area contributed by atoms with Crippen molar-refractivity contribution in [2.24, 2.45) is 0 Å². The van der Waals surface area contributed by atoms with Gasteiger partial charge < -0.3 is 10.1 Å². The molecule has 1 N–H and O–H groups in total. The zero-order chi connectivity index (χ0) is 13.7. The Kier molecular flexibility index (Phi) is 4.68. The molecule has 0 aliphatic carbocycles. The number of hydrogen-bond acceptors (Lipinski definition) is 6. The van der Waals surface area contributed by atoms with Gasteiger partial charge in [-0.25, -0.2) is 9.97 Å². The molecule has 0 saturated carbocycles. The highest BCUT2D eigenvalue weighted by atomic mass is 32.1. The number of anilines is 1. The molecule has 0 aliphatic rings. The minimum Gasteiger partial charge on any atom is -0.478 e. The lowest BCUT2D eigenvalue weighted by Crippen LogP contribution is -2.08. The molecule has 0 atom stereocenters. The van der Waals surface area contributed by atoms with Gasteiger partial charge in [-0.05, 0) is 20.8 Å². The van der Waals surface area contributed by atoms with Crippen molar-refractivity contribution in [2.75, 3.05) is 18.5 Å². The molecular formula is C13H18N4OS. The quantitative estimate of drug-likeness (QED) is 0.880. The van der Waals surface area contributed by atoms with Gasteiger partial charge in [0.2, 0.25) is 5.88 Å². The first-order valence-corrected chi connectivity index (χ1v) is 7.18. The summed E-state index contributed by atoms with van der Waals surface area (Å²) in [4.78, 5) is 13.0. The van der Waals surface area contributed by atoms with Gasteiger partial charge in [-0.15, -0.1) is 11.3 Å². The van der Waals surface area contributed by atoms with E-state index in [0.29, 0.717) is 18.3 Å². The normalized spacial score (nSPS) is 10.5. The average molecular weight is 278 g/mol. The first-order valence-electron chi connectivity index (χ1n) is 6.30. The summed E-state index contributed by atoms with van der Waals surface area (Å²) in [5.41, 5.74) is 1.12. The van der Waals surface area contributed by atoms with E-state index in [0.717, 1.165) is 29.5 Å². The molecule has 0 radical (unpaired) electrons. The monoisotopic (exact) mass is 278 g/mol. The molecule has 0 aliphatic heterocycles. The molecule has 0 amide bonds. The molecule has 5 nitrogen and oxygen atoms in total. The van der Waals surface area contributed by atoms with Gasteiger partial charge in [0, 0.05) is 24.4 Å². The number of thiazole rings is 1. The lowest BCUT2D eigenvalue weighted by atomic mass is 10.3. The second kappa shape index (κ2) is 6.47. The van der Waals surface area contributed by atoms with Crippen LogP contribution in [0.25, 0.3) is 0 Å². The number of rotatable bonds is 6. The van der Waals surface area contributed by atoms with Crippen molar-refractivity contribution in [1.29, 1.82) is 0 Å². The van der Waals surface area contributed by atoms with Gasteiger partial charge >= 0.3 is 0 Å². The fourth-order valence-electron chi connectivity index (χ4n) is 1.69. The predicted molar refractivity (Wildman–Crippen MR) is 77.0 cm³/mol. The summed E-state index contributed by atoms with van der Waals surface area (Å²) in [6.07, 6.45) is 0.886. The van der Waals surface area contributed by atoms with Crippen molar-refractivity contribution >= 4 is 17.2 Å². The average Bonchev–Trinajstić information content (AvgIpc) is 2.75. The van der Waals surface area contributed by atoms with Gasteiger partial charge in [-0.1, -0.05) is 0 Å². The van der Waals surface area contributed by atoms with Crippen molar-refractivity contribution in [1.82, 2.24) is 15.0 Å². The van der Waals surface area contributed by atoms with Crippen LogP contribution >= 0.6 is 11.3 Å². The number of aryl methyl sites for hydroxylation is 2. The molecule has 0 unspecified atom stereocenters. The van der Waals surface area contributed by atoms with Gasteiger partial charge in [0.15, 0.2) is 0 Å². The third-order valence-corrected chi connectivity index (χ3v) is 3.28. The number of nitrogens with one attached hydrogen (secondary N) is 1. The van der Waals surface area contributed by atoms with Crippen LogP contribution in [0.4, 0.5) is 5.82 Å². The largest absolute Gasteiger partial charge is 0.478 e. The van der Waals surface area contributed by atoms with E-state index in [1.165, 1.54) is 0 Å². The maximum Gasteiger partial charge on any atom is 0.218 e. The number of hydrogen-bond donors (Lipinski definition) is 1. The van der Waals surface area contributed by atoms with Crippen LogP contribution in [0.3, 0.4) is 0 Å². The minimum absolute atomic E-state index is 0.605. The van der Waals surface area contributed by atoms with Crippen molar-refractivity contribution in [3.05, 3.63) is 28.0 Å². The van der Waals surface area contributed by atoms with Crippen LogP contribution in [-0.2, 0) is 6.42 Å². The topological polar surface area (TPSA) is 59.9 Å². The van der Waals surface area contributed by atoms with Crippen LogP contribution in [-0.4, -0.2) is 28.1 Å². The molecule has 2 heterocycles. The minimum atomic E-state index is 0.605. The summed E-state index contributed by atoms with van der Waals surface area (Å²) in [6, 6.07) is 1.82. The SMILES string of the molecule is CCOc1cc(NCCc2csc(C)n2)nc(C)n1. The number of aromatic nitrogens is 3. The Morgan fingerprint density at radius 1 is 1.26 bits per heavy atom. The van der Waals surface area contributed by atoms with Crippen LogP contribution in [0, 0.1) is 13.8 Å². The van der Waals surface area contributed by atoms with E-state index in [1.54, 1.807) is 11.3 Å². The Hall–Kier alpha value is -1.69. The highest BCUT2D eigenvalue weighted by molar-refractivity contribution is 7.09. The molecule has 0 bridgehead atoms. The van der Waals surface area contributed by atoms with Crippen LogP contribution in [0.2, 0.25) is 0 Å². The molecule has 6 heteroatoms. The fraction of sp³-hybridized carbons (Fsp3) is 0.462. The van der Waals surface area contributed by atoms with Gasteiger partial charge in [0.1, 0.15) is 11.6 Å². The van der Waals surface area contributed by atoms with Gasteiger partial charge in [-0.2, -0.15) is 4.98 Å². The highest BCUT2D eigenvalue weighted by Crippen LogP contribution is 2.14. The van der Waals surface area contributed by atoms with E-state index < -0.39 is 0 Å². The van der Waals surface area contributed by atoms with Crippen molar-refractivity contribution in [3.63, 3.8) is 0 Å². The van der Waals surface area contributed by atoms with Crippen molar-refractivity contribution in [3.8, 4) is 5.88 Å². The molecule has 2 aromatic heterocycles. The van der Waals surface area contributed by atoms with E-state index in [-0.39, 0.29) is 0 Å². The molecule has 19 heavy (non-hydrogen) atoms. The van der Waals surface area contributed by atoms with E-state index in [1.807, 2.05) is 26.8 Å². The fourth-order valence-corrected chi connectivity index (χ4v) is 2.34. The summed E-state index contributed by atoms with van der Waals surface area (Å²) in [6.45, 7) is 7.22. The van der Waals surface area contributed by atoms with E-state index in [2.05, 4.69) is 25.6 Å². The third kappa shape index (κ3) is 4.17. The standard InChI is InChI=1S/C13H18N4OS/c1-4-18-13-7-12(15-9(2)16-13)14-6-5-11-8-19-10(3)17-11/h7-8H,4-6H2,1-3H3,(H,14,15,16). The second-order valence-electron chi connectivity index (χ2n) is 4.11. The van der Waals surface area contributed by atoms with Gasteiger partial charge in [0.25, 0.3) is 0 Å². The summed E-state index contributed by atoms with van der Waals surface area (Å²) in [7, 11) is 0. The second-order valence-corrected chi connectivity index (χ2v) is 5.17. The number of ether oxygens (including phenoxy) is 1. The van der Waals surface area contributed by atoms with Crippen molar-refractivity contribution < 1.29 is 4.74 Å². The molecular weight excluding hydrogens is 260 g/mol. The van der Waals surface area contributed by atoms with E-state index in [4.69, 9.17) is 4.74 Å². The summed E-state index contributed by atoms with van der Waals surface area (Å²) in [5, 5.41) is 6.47. The Morgan fingerprint density at radius 3 is 2.79 bits per heavy atom. The van der Waals surface area contributed by atoms with Crippen LogP contribution < -0.4 is 10.1 Å². The zero-order valence-electron chi connectivity index (χ0n) is 11.4. The summed E-state index contributed by atoms with van der Waals surface area (Å²) < 4.78 is 5.39. The molecule has 0 spiro atoms. The van der Waals surface area contributed by atoms with Gasteiger partial charge in [-0.3, -0.25) is 0 Å². The first kappa shape index (κ1) is 13.7. The van der Waals surface area contributed by atoms with Crippen molar-refractivity contribution in [2.45, 2.75) is 27.2 Å². The Balaban J connectivity index is 1.91. The smallest absolute Gasteiger partial charge is 0.218 e. The molecule has 2 aromatic rings. The maximum atomic E-state index is 5.39. The molecule has 0 aromatic carbocycles.